The molecule has 1 fully saturated rings. The lowest BCUT2D eigenvalue weighted by molar-refractivity contribution is 0.174. The number of likely N-dealkylation sites (tertiary alicyclic amines) is 1. The fourth-order valence-electron chi connectivity index (χ4n) is 2.82. The van der Waals surface area contributed by atoms with Crippen molar-refractivity contribution in [3.8, 4) is 0 Å². The van der Waals surface area contributed by atoms with Crippen LogP contribution in [0.25, 0.3) is 0 Å². The molecule has 0 aromatic heterocycles. The maximum Gasteiger partial charge on any atom is 0.124 e. The van der Waals surface area contributed by atoms with Gasteiger partial charge >= 0.3 is 0 Å². The monoisotopic (exact) mass is 356 g/mol. The molecule has 0 amide bonds. The Morgan fingerprint density at radius 3 is 2.67 bits per heavy atom. The molecule has 0 spiro atoms. The molecule has 1 saturated heterocycles. The van der Waals surface area contributed by atoms with E-state index in [-0.39, 0.29) is 5.82 Å². The zero-order valence-electron chi connectivity index (χ0n) is 13.0. The van der Waals surface area contributed by atoms with E-state index < -0.39 is 0 Å². The van der Waals surface area contributed by atoms with Crippen LogP contribution in [0, 0.1) is 17.7 Å². The summed E-state index contributed by atoms with van der Waals surface area (Å²) in [4.78, 5) is 2.47. The van der Waals surface area contributed by atoms with E-state index in [0.29, 0.717) is 0 Å². The Balaban J connectivity index is 1.74. The molecular weight excluding hydrogens is 331 g/mol. The summed E-state index contributed by atoms with van der Waals surface area (Å²) >= 11 is 3.46. The average Bonchev–Trinajstić information content (AvgIpc) is 2.43. The molecule has 1 N–H and O–H groups in total. The van der Waals surface area contributed by atoms with Crippen molar-refractivity contribution in [2.75, 3.05) is 26.2 Å². The van der Waals surface area contributed by atoms with Crippen LogP contribution in [0.1, 0.15) is 32.3 Å². The minimum absolute atomic E-state index is 0.180. The van der Waals surface area contributed by atoms with Crippen LogP contribution in [0.2, 0.25) is 0 Å². The van der Waals surface area contributed by atoms with Crippen LogP contribution < -0.4 is 5.32 Å². The second-order valence-electron chi connectivity index (χ2n) is 6.51. The van der Waals surface area contributed by atoms with Gasteiger partial charge in [-0.05, 0) is 68.6 Å². The quantitative estimate of drug-likeness (QED) is 0.827. The van der Waals surface area contributed by atoms with Crippen molar-refractivity contribution in [2.45, 2.75) is 33.2 Å². The van der Waals surface area contributed by atoms with Crippen LogP contribution in [0.4, 0.5) is 4.39 Å². The van der Waals surface area contributed by atoms with Gasteiger partial charge in [0.25, 0.3) is 0 Å². The van der Waals surface area contributed by atoms with Gasteiger partial charge < -0.3 is 5.32 Å². The van der Waals surface area contributed by atoms with E-state index in [1.807, 2.05) is 6.07 Å². The Bertz CT molecular complexity index is 442. The molecule has 2 rings (SSSR count). The second-order valence-corrected chi connectivity index (χ2v) is 7.36. The summed E-state index contributed by atoms with van der Waals surface area (Å²) in [5.41, 5.74) is 1.17. The lowest BCUT2D eigenvalue weighted by Gasteiger charge is -2.32. The third-order valence-corrected chi connectivity index (χ3v) is 4.84. The van der Waals surface area contributed by atoms with Gasteiger partial charge in [-0.2, -0.15) is 0 Å². The Morgan fingerprint density at radius 2 is 2.05 bits per heavy atom. The van der Waals surface area contributed by atoms with E-state index in [1.165, 1.54) is 18.4 Å². The molecule has 4 heteroatoms. The SMILES string of the molecule is CC(C)CNCC1CCN(Cc2ccc(F)cc2Br)CC1. The van der Waals surface area contributed by atoms with Crippen molar-refractivity contribution in [1.82, 2.24) is 10.2 Å². The number of hydrogen-bond acceptors (Lipinski definition) is 2. The van der Waals surface area contributed by atoms with Gasteiger partial charge in [-0.25, -0.2) is 4.39 Å². The predicted molar refractivity (Wildman–Crippen MR) is 89.8 cm³/mol. The molecule has 1 aliphatic heterocycles. The molecule has 0 atom stereocenters. The highest BCUT2D eigenvalue weighted by Gasteiger charge is 2.19. The van der Waals surface area contributed by atoms with Crippen molar-refractivity contribution in [2.24, 2.45) is 11.8 Å². The van der Waals surface area contributed by atoms with Crippen LogP contribution in [0.15, 0.2) is 22.7 Å². The number of nitrogens with one attached hydrogen (secondary N) is 1. The maximum absolute atomic E-state index is 13.1. The highest BCUT2D eigenvalue weighted by molar-refractivity contribution is 9.10. The number of hydrogen-bond donors (Lipinski definition) is 1. The summed E-state index contributed by atoms with van der Waals surface area (Å²) in [7, 11) is 0. The zero-order valence-corrected chi connectivity index (χ0v) is 14.6. The van der Waals surface area contributed by atoms with Crippen LogP contribution >= 0.6 is 15.9 Å². The third kappa shape index (κ3) is 5.68. The molecule has 1 aromatic carbocycles. The van der Waals surface area contributed by atoms with Crippen molar-refractivity contribution in [1.29, 1.82) is 0 Å². The summed E-state index contributed by atoms with van der Waals surface area (Å²) in [6, 6.07) is 4.98. The molecule has 1 aliphatic rings. The number of benzene rings is 1. The largest absolute Gasteiger partial charge is 0.316 e. The van der Waals surface area contributed by atoms with Crippen molar-refractivity contribution < 1.29 is 4.39 Å². The van der Waals surface area contributed by atoms with E-state index in [4.69, 9.17) is 0 Å². The fourth-order valence-corrected chi connectivity index (χ4v) is 3.29. The number of nitrogens with zero attached hydrogens (tertiary/aromatic N) is 1. The maximum atomic E-state index is 13.1. The summed E-state index contributed by atoms with van der Waals surface area (Å²) in [5, 5.41) is 3.57. The van der Waals surface area contributed by atoms with Gasteiger partial charge in [-0.15, -0.1) is 0 Å². The smallest absolute Gasteiger partial charge is 0.124 e. The first-order valence-electron chi connectivity index (χ1n) is 7.91. The van der Waals surface area contributed by atoms with Crippen LogP contribution in [-0.2, 0) is 6.54 Å². The van der Waals surface area contributed by atoms with E-state index in [1.54, 1.807) is 12.1 Å². The molecule has 0 radical (unpaired) electrons. The first-order valence-corrected chi connectivity index (χ1v) is 8.71. The molecule has 118 valence electrons. The second kappa shape index (κ2) is 8.25. The molecule has 0 bridgehead atoms. The summed E-state index contributed by atoms with van der Waals surface area (Å²) in [6.45, 7) is 9.93. The Labute approximate surface area is 136 Å². The predicted octanol–water partition coefficient (Wildman–Crippen LogP) is 4.05. The van der Waals surface area contributed by atoms with Crippen molar-refractivity contribution in [3.05, 3.63) is 34.1 Å². The Morgan fingerprint density at radius 1 is 1.33 bits per heavy atom. The first kappa shape index (κ1) is 16.9. The van der Waals surface area contributed by atoms with Crippen LogP contribution in [0.5, 0.6) is 0 Å². The Kier molecular flexibility index (Phi) is 6.65. The summed E-state index contributed by atoms with van der Waals surface area (Å²) in [5.74, 6) is 1.35. The number of halogens is 2. The van der Waals surface area contributed by atoms with Gasteiger partial charge in [-0.1, -0.05) is 35.8 Å². The van der Waals surface area contributed by atoms with Gasteiger partial charge in [0.2, 0.25) is 0 Å². The third-order valence-electron chi connectivity index (χ3n) is 4.10. The summed E-state index contributed by atoms with van der Waals surface area (Å²) in [6.07, 6.45) is 2.51. The van der Waals surface area contributed by atoms with E-state index in [0.717, 1.165) is 49.0 Å². The standard InChI is InChI=1S/C17H26BrFN2/c1-13(2)10-20-11-14-5-7-21(8-6-14)12-15-3-4-16(19)9-17(15)18/h3-4,9,13-14,20H,5-8,10-12H2,1-2H3. The highest BCUT2D eigenvalue weighted by atomic mass is 79.9. The van der Waals surface area contributed by atoms with Crippen molar-refractivity contribution in [3.63, 3.8) is 0 Å². The lowest BCUT2D eigenvalue weighted by Crippen LogP contribution is -2.37. The molecule has 0 aliphatic carbocycles. The average molecular weight is 357 g/mol. The van der Waals surface area contributed by atoms with Crippen molar-refractivity contribution >= 4 is 15.9 Å². The van der Waals surface area contributed by atoms with Gasteiger partial charge in [0.15, 0.2) is 0 Å². The molecular formula is C17H26BrFN2. The minimum atomic E-state index is -0.180. The van der Waals surface area contributed by atoms with E-state index in [9.17, 15) is 4.39 Å². The van der Waals surface area contributed by atoms with Crippen LogP contribution in [-0.4, -0.2) is 31.1 Å². The minimum Gasteiger partial charge on any atom is -0.316 e. The molecule has 1 heterocycles. The molecule has 0 unspecified atom stereocenters. The topological polar surface area (TPSA) is 15.3 Å². The van der Waals surface area contributed by atoms with Gasteiger partial charge in [0.1, 0.15) is 5.82 Å². The Hall–Kier alpha value is -0.450. The van der Waals surface area contributed by atoms with Gasteiger partial charge in [0.05, 0.1) is 0 Å². The van der Waals surface area contributed by atoms with Gasteiger partial charge in [-0.3, -0.25) is 4.90 Å². The first-order chi connectivity index (χ1) is 10.0. The molecule has 21 heavy (non-hydrogen) atoms. The summed E-state index contributed by atoms with van der Waals surface area (Å²) < 4.78 is 14.0. The lowest BCUT2D eigenvalue weighted by atomic mass is 9.96. The molecule has 0 saturated carbocycles. The molecule has 2 nitrogen and oxygen atoms in total. The zero-order chi connectivity index (χ0) is 15.2. The number of rotatable bonds is 6. The molecule has 1 aromatic rings. The highest BCUT2D eigenvalue weighted by Crippen LogP contribution is 2.23. The van der Waals surface area contributed by atoms with Gasteiger partial charge in [0, 0.05) is 11.0 Å². The van der Waals surface area contributed by atoms with Crippen LogP contribution in [0.3, 0.4) is 0 Å². The van der Waals surface area contributed by atoms with E-state index >= 15 is 0 Å². The van der Waals surface area contributed by atoms with E-state index in [2.05, 4.69) is 40.0 Å². The number of piperidine rings is 1. The normalized spacial score (nSPS) is 17.6. The fraction of sp³-hybridized carbons (Fsp3) is 0.647.